The third-order valence-corrected chi connectivity index (χ3v) is 10.5. The number of phenolic OH excluding ortho intramolecular Hbond substituents is 1. The summed E-state index contributed by atoms with van der Waals surface area (Å²) in [5.41, 5.74) is 18.0. The van der Waals surface area contributed by atoms with Crippen molar-refractivity contribution in [3.63, 3.8) is 0 Å². The van der Waals surface area contributed by atoms with Gasteiger partial charge < -0.3 is 21.1 Å². The van der Waals surface area contributed by atoms with Crippen LogP contribution in [-0.4, -0.2) is 5.11 Å². The van der Waals surface area contributed by atoms with Crippen LogP contribution in [0.5, 0.6) is 11.5 Å². The second-order valence-corrected chi connectivity index (χ2v) is 12.0. The van der Waals surface area contributed by atoms with E-state index in [0.717, 1.165) is 27.8 Å². The van der Waals surface area contributed by atoms with Gasteiger partial charge in [0.2, 0.25) is 0 Å². The van der Waals surface area contributed by atoms with Crippen LogP contribution in [0.2, 0.25) is 0 Å². The molecule has 0 amide bonds. The van der Waals surface area contributed by atoms with Crippen molar-refractivity contribution in [3.05, 3.63) is 138 Å². The molecule has 6 rings (SSSR count). The van der Waals surface area contributed by atoms with E-state index in [4.69, 9.17) is 16.0 Å². The lowest BCUT2D eigenvalue weighted by atomic mass is 9.83. The van der Waals surface area contributed by atoms with Crippen LogP contribution in [0.15, 0.2) is 115 Å². The molecule has 1 aliphatic rings. The Hall–Kier alpha value is -4.47. The molecule has 0 saturated carbocycles. The molecule has 1 unspecified atom stereocenters. The number of nitrogens with two attached hydrogens (primary N) is 2. The molecule has 5 aromatic rings. The van der Waals surface area contributed by atoms with E-state index in [2.05, 4.69) is 0 Å². The molecule has 0 aromatic heterocycles. The van der Waals surface area contributed by atoms with E-state index < -0.39 is 12.5 Å². The number of hydrogen-bond donors (Lipinski definition) is 3. The van der Waals surface area contributed by atoms with E-state index in [0.29, 0.717) is 28.0 Å². The Morgan fingerprint density at radius 1 is 0.684 bits per heavy atom. The first-order valence-corrected chi connectivity index (χ1v) is 14.0. The lowest BCUT2D eigenvalue weighted by Crippen LogP contribution is -2.38. The molecule has 5 aromatic carbocycles. The van der Waals surface area contributed by atoms with E-state index in [-0.39, 0.29) is 5.75 Å². The summed E-state index contributed by atoms with van der Waals surface area (Å²) in [7, 11) is -3.87. The fraction of sp³-hybridized carbons (Fsp3) is 0.0625. The standard InChI is InChI=1S/C32H27N2O3P/c1-21-20-24(14-19-29(21)35)32(22-10-15-25(33)16-11-22,23-12-17-26(34)18-13-23)38(36)31-9-5-3-7-28(31)27-6-2-4-8-30(27)37-38/h2-20,35H,33-34H2,1H3. The molecular weight excluding hydrogens is 491 g/mol. The number of rotatable bonds is 4. The summed E-state index contributed by atoms with van der Waals surface area (Å²) < 4.78 is 22.8. The summed E-state index contributed by atoms with van der Waals surface area (Å²) in [6, 6.07) is 35.6. The normalized spacial score (nSPS) is 16.2. The predicted molar refractivity (Wildman–Crippen MR) is 154 cm³/mol. The van der Waals surface area contributed by atoms with E-state index in [1.807, 2.05) is 116 Å². The maximum atomic E-state index is 16.1. The molecule has 0 radical (unpaired) electrons. The molecule has 38 heavy (non-hydrogen) atoms. The van der Waals surface area contributed by atoms with Gasteiger partial charge in [-0.25, -0.2) is 0 Å². The first-order valence-electron chi connectivity index (χ1n) is 12.4. The van der Waals surface area contributed by atoms with Gasteiger partial charge in [-0.15, -0.1) is 0 Å². The molecule has 6 heteroatoms. The van der Waals surface area contributed by atoms with Gasteiger partial charge in [-0.1, -0.05) is 72.8 Å². The Kier molecular flexibility index (Phi) is 5.55. The Balaban J connectivity index is 1.81. The first-order chi connectivity index (χ1) is 18.3. The molecule has 1 atom stereocenters. The number of hydrogen-bond acceptors (Lipinski definition) is 5. The Bertz CT molecular complexity index is 1670. The van der Waals surface area contributed by atoms with E-state index in [9.17, 15) is 5.11 Å². The van der Waals surface area contributed by atoms with Gasteiger partial charge in [0, 0.05) is 16.9 Å². The maximum absolute atomic E-state index is 16.1. The molecule has 1 heterocycles. The molecule has 0 fully saturated rings. The average molecular weight is 519 g/mol. The largest absolute Gasteiger partial charge is 0.508 e. The highest BCUT2D eigenvalue weighted by Gasteiger charge is 2.58. The number of fused-ring (bicyclic) bond motifs is 3. The van der Waals surface area contributed by atoms with Gasteiger partial charge in [0.05, 0.1) is 5.30 Å². The zero-order valence-corrected chi connectivity index (χ0v) is 21.7. The third-order valence-electron chi connectivity index (χ3n) is 7.34. The van der Waals surface area contributed by atoms with Gasteiger partial charge in [-0.2, -0.15) is 0 Å². The smallest absolute Gasteiger partial charge is 0.296 e. The van der Waals surface area contributed by atoms with Gasteiger partial charge in [0.1, 0.15) is 16.7 Å². The van der Waals surface area contributed by atoms with Crippen LogP contribution in [0.1, 0.15) is 22.3 Å². The molecular formula is C32H27N2O3P. The highest BCUT2D eigenvalue weighted by Crippen LogP contribution is 2.71. The zero-order valence-electron chi connectivity index (χ0n) is 20.8. The fourth-order valence-corrected chi connectivity index (χ4v) is 8.79. The van der Waals surface area contributed by atoms with Gasteiger partial charge in [-0.05, 0) is 77.2 Å². The molecule has 5 nitrogen and oxygen atoms in total. The Labute approximate surface area is 221 Å². The number of anilines is 2. The van der Waals surface area contributed by atoms with Gasteiger partial charge >= 0.3 is 0 Å². The van der Waals surface area contributed by atoms with Crippen molar-refractivity contribution in [3.8, 4) is 22.6 Å². The van der Waals surface area contributed by atoms with Crippen molar-refractivity contribution in [1.82, 2.24) is 0 Å². The minimum Gasteiger partial charge on any atom is -0.508 e. The summed E-state index contributed by atoms with van der Waals surface area (Å²) in [5, 5.41) is 9.78. The van der Waals surface area contributed by atoms with Gasteiger partial charge in [0.25, 0.3) is 7.37 Å². The van der Waals surface area contributed by atoms with Crippen LogP contribution in [-0.2, 0) is 9.72 Å². The topological polar surface area (TPSA) is 98.6 Å². The van der Waals surface area contributed by atoms with Crippen LogP contribution >= 0.6 is 7.37 Å². The number of aryl methyl sites for hydroxylation is 1. The lowest BCUT2D eigenvalue weighted by Gasteiger charge is -2.44. The minimum atomic E-state index is -3.87. The van der Waals surface area contributed by atoms with Crippen LogP contribution in [0, 0.1) is 6.92 Å². The molecule has 188 valence electrons. The molecule has 0 aliphatic carbocycles. The number of benzene rings is 5. The number of phenols is 1. The van der Waals surface area contributed by atoms with Crippen LogP contribution in [0.25, 0.3) is 11.1 Å². The first kappa shape index (κ1) is 23.9. The van der Waals surface area contributed by atoms with Crippen LogP contribution in [0.3, 0.4) is 0 Å². The van der Waals surface area contributed by atoms with E-state index in [1.54, 1.807) is 6.07 Å². The van der Waals surface area contributed by atoms with E-state index >= 15 is 4.57 Å². The van der Waals surface area contributed by atoms with Crippen LogP contribution < -0.4 is 21.3 Å². The summed E-state index contributed by atoms with van der Waals surface area (Å²) in [6.07, 6.45) is 0. The van der Waals surface area contributed by atoms with E-state index in [1.165, 1.54) is 0 Å². The summed E-state index contributed by atoms with van der Waals surface area (Å²) in [6.45, 7) is 1.83. The molecule has 0 spiro atoms. The molecule has 5 N–H and O–H groups in total. The van der Waals surface area contributed by atoms with Gasteiger partial charge in [-0.3, -0.25) is 4.57 Å². The van der Waals surface area contributed by atoms with Crippen molar-refractivity contribution in [1.29, 1.82) is 0 Å². The SMILES string of the molecule is Cc1cc(C(c2ccc(N)cc2)(c2ccc(N)cc2)P2(=O)Oc3ccccc3-c3ccccc32)ccc1O. The number of nitrogen functional groups attached to an aromatic ring is 2. The quantitative estimate of drug-likeness (QED) is 0.138. The maximum Gasteiger partial charge on any atom is 0.296 e. The predicted octanol–water partition coefficient (Wildman–Crippen LogP) is 6.82. The second-order valence-electron chi connectivity index (χ2n) is 9.61. The van der Waals surface area contributed by atoms with Crippen molar-refractivity contribution in [2.75, 3.05) is 11.5 Å². The highest BCUT2D eigenvalue weighted by molar-refractivity contribution is 7.69. The van der Waals surface area contributed by atoms with Crippen molar-refractivity contribution >= 4 is 24.0 Å². The van der Waals surface area contributed by atoms with Crippen molar-refractivity contribution in [2.24, 2.45) is 0 Å². The zero-order chi connectivity index (χ0) is 26.5. The number of aromatic hydroxyl groups is 1. The highest BCUT2D eigenvalue weighted by atomic mass is 31.2. The summed E-state index contributed by atoms with van der Waals surface area (Å²) in [4.78, 5) is 0. The van der Waals surface area contributed by atoms with Crippen molar-refractivity contribution < 1.29 is 14.2 Å². The average Bonchev–Trinajstić information content (AvgIpc) is 2.93. The number of para-hydroxylation sites is 1. The summed E-state index contributed by atoms with van der Waals surface area (Å²) in [5.74, 6) is 0.714. The minimum absolute atomic E-state index is 0.158. The van der Waals surface area contributed by atoms with Crippen LogP contribution in [0.4, 0.5) is 11.4 Å². The van der Waals surface area contributed by atoms with Gasteiger partial charge in [0.15, 0.2) is 0 Å². The molecule has 0 bridgehead atoms. The molecule has 1 aliphatic heterocycles. The monoisotopic (exact) mass is 518 g/mol. The third kappa shape index (κ3) is 3.43. The fourth-order valence-electron chi connectivity index (χ4n) is 5.50. The molecule has 0 saturated heterocycles. The second kappa shape index (κ2) is 8.83. The Morgan fingerprint density at radius 3 is 1.82 bits per heavy atom. The van der Waals surface area contributed by atoms with Crippen molar-refractivity contribution in [2.45, 2.75) is 12.1 Å². The lowest BCUT2D eigenvalue weighted by molar-refractivity contribution is 0.464. The summed E-state index contributed by atoms with van der Waals surface area (Å²) >= 11 is 0. The Morgan fingerprint density at radius 2 is 1.21 bits per heavy atom.